The summed E-state index contributed by atoms with van der Waals surface area (Å²) >= 11 is 0. The predicted molar refractivity (Wildman–Crippen MR) is 45.2 cm³/mol. The Morgan fingerprint density at radius 1 is 1.73 bits per heavy atom. The molecule has 2 aliphatic carbocycles. The van der Waals surface area contributed by atoms with E-state index in [0.29, 0.717) is 12.5 Å². The third-order valence-electron chi connectivity index (χ3n) is 3.59. The minimum Gasteiger partial charge on any atom is -0.396 e. The van der Waals surface area contributed by atoms with Crippen molar-refractivity contribution in [3.05, 3.63) is 11.6 Å². The fourth-order valence-corrected chi connectivity index (χ4v) is 2.51. The molecule has 62 valence electrons. The van der Waals surface area contributed by atoms with Crippen LogP contribution in [0.3, 0.4) is 0 Å². The van der Waals surface area contributed by atoms with Gasteiger partial charge in [-0.15, -0.1) is 0 Å². The van der Waals surface area contributed by atoms with Crippen molar-refractivity contribution in [2.75, 3.05) is 6.61 Å². The average Bonchev–Trinajstić information content (AvgIpc) is 2.58. The minimum atomic E-state index is 0.248. The van der Waals surface area contributed by atoms with Crippen LogP contribution < -0.4 is 0 Å². The van der Waals surface area contributed by atoms with Crippen LogP contribution in [0.5, 0.6) is 0 Å². The molecule has 3 atom stereocenters. The van der Waals surface area contributed by atoms with E-state index in [1.165, 1.54) is 18.4 Å². The highest BCUT2D eigenvalue weighted by Crippen LogP contribution is 2.63. The number of aliphatic hydroxyl groups is 1. The lowest BCUT2D eigenvalue weighted by Crippen LogP contribution is -2.04. The highest BCUT2D eigenvalue weighted by Gasteiger charge is 2.59. The molecule has 0 unspecified atom stereocenters. The fourth-order valence-electron chi connectivity index (χ4n) is 2.51. The van der Waals surface area contributed by atoms with Crippen LogP contribution in [0, 0.1) is 17.3 Å². The lowest BCUT2D eigenvalue weighted by Gasteiger charge is -2.05. The number of aliphatic hydroxyl groups excluding tert-OH is 1. The molecule has 0 amide bonds. The van der Waals surface area contributed by atoms with Crippen LogP contribution in [0.15, 0.2) is 11.6 Å². The highest BCUT2D eigenvalue weighted by molar-refractivity contribution is 5.23. The maximum absolute atomic E-state index is 9.15. The van der Waals surface area contributed by atoms with Crippen molar-refractivity contribution in [3.8, 4) is 0 Å². The Hall–Kier alpha value is -0.300. The predicted octanol–water partition coefficient (Wildman–Crippen LogP) is 1.97. The average molecular weight is 152 g/mol. The van der Waals surface area contributed by atoms with Crippen molar-refractivity contribution in [1.82, 2.24) is 0 Å². The molecule has 1 N–H and O–H groups in total. The van der Waals surface area contributed by atoms with Crippen LogP contribution >= 0.6 is 0 Å². The summed E-state index contributed by atoms with van der Waals surface area (Å²) in [5.74, 6) is 1.48. The normalized spacial score (nSPS) is 48.1. The summed E-state index contributed by atoms with van der Waals surface area (Å²) in [5, 5.41) is 9.15. The van der Waals surface area contributed by atoms with E-state index < -0.39 is 0 Å². The van der Waals surface area contributed by atoms with Gasteiger partial charge in [-0.05, 0) is 31.6 Å². The fraction of sp³-hybridized carbons (Fsp3) is 0.800. The molecule has 1 nitrogen and oxygen atoms in total. The van der Waals surface area contributed by atoms with Gasteiger partial charge < -0.3 is 5.11 Å². The van der Waals surface area contributed by atoms with Crippen molar-refractivity contribution >= 4 is 0 Å². The zero-order valence-electron chi connectivity index (χ0n) is 7.30. The monoisotopic (exact) mass is 152 g/mol. The van der Waals surface area contributed by atoms with Gasteiger partial charge in [0, 0.05) is 12.0 Å². The lowest BCUT2D eigenvalue weighted by atomic mass is 10.0. The van der Waals surface area contributed by atoms with Gasteiger partial charge in [0.05, 0.1) is 0 Å². The first-order valence-electron chi connectivity index (χ1n) is 4.46. The first-order chi connectivity index (χ1) is 5.18. The van der Waals surface area contributed by atoms with Crippen molar-refractivity contribution in [2.45, 2.75) is 26.7 Å². The largest absolute Gasteiger partial charge is 0.396 e. The number of hydrogen-bond acceptors (Lipinski definition) is 1. The lowest BCUT2D eigenvalue weighted by molar-refractivity contribution is 0.206. The van der Waals surface area contributed by atoms with Gasteiger partial charge in [-0.1, -0.05) is 18.6 Å². The molecule has 0 aromatic heterocycles. The molecule has 11 heavy (non-hydrogen) atoms. The van der Waals surface area contributed by atoms with E-state index in [9.17, 15) is 0 Å². The second kappa shape index (κ2) is 2.10. The summed E-state index contributed by atoms with van der Waals surface area (Å²) in [6.07, 6.45) is 4.91. The van der Waals surface area contributed by atoms with Gasteiger partial charge in [0.2, 0.25) is 0 Å². The van der Waals surface area contributed by atoms with E-state index in [1.54, 1.807) is 0 Å². The minimum absolute atomic E-state index is 0.248. The molecule has 0 bridgehead atoms. The van der Waals surface area contributed by atoms with Gasteiger partial charge >= 0.3 is 0 Å². The number of fused-ring (bicyclic) bond motifs is 1. The van der Waals surface area contributed by atoms with Crippen molar-refractivity contribution in [2.24, 2.45) is 17.3 Å². The summed E-state index contributed by atoms with van der Waals surface area (Å²) in [6.45, 7) is 4.77. The standard InChI is InChI=1S/C10H16O/c1-7-3-4-8-9(5-7)10(8,2)6-11/h5,8-9,11H,3-4,6H2,1-2H3/t8-,9+,10+/m1/s1. The van der Waals surface area contributed by atoms with Crippen molar-refractivity contribution in [3.63, 3.8) is 0 Å². The molecule has 0 aromatic carbocycles. The molecule has 0 saturated heterocycles. The highest BCUT2D eigenvalue weighted by atomic mass is 16.3. The van der Waals surface area contributed by atoms with Gasteiger partial charge in [0.1, 0.15) is 0 Å². The molecule has 0 spiro atoms. The summed E-state index contributed by atoms with van der Waals surface area (Å²) < 4.78 is 0. The van der Waals surface area contributed by atoms with E-state index in [-0.39, 0.29) is 5.41 Å². The van der Waals surface area contributed by atoms with Gasteiger partial charge in [0.15, 0.2) is 0 Å². The van der Waals surface area contributed by atoms with E-state index >= 15 is 0 Å². The molecule has 0 heterocycles. The Labute approximate surface area is 68.1 Å². The molecule has 0 aliphatic heterocycles. The second-order valence-corrected chi connectivity index (χ2v) is 4.35. The summed E-state index contributed by atoms with van der Waals surface area (Å²) in [4.78, 5) is 0. The summed E-state index contributed by atoms with van der Waals surface area (Å²) in [6, 6.07) is 0. The number of hydrogen-bond donors (Lipinski definition) is 1. The van der Waals surface area contributed by atoms with Gasteiger partial charge in [0.25, 0.3) is 0 Å². The smallest absolute Gasteiger partial charge is 0.0493 e. The van der Waals surface area contributed by atoms with Crippen LogP contribution in [0.4, 0.5) is 0 Å². The molecule has 1 fully saturated rings. The van der Waals surface area contributed by atoms with E-state index in [0.717, 1.165) is 5.92 Å². The first-order valence-corrected chi connectivity index (χ1v) is 4.46. The van der Waals surface area contributed by atoms with Crippen molar-refractivity contribution < 1.29 is 5.11 Å². The zero-order chi connectivity index (χ0) is 8.06. The van der Waals surface area contributed by atoms with Crippen LogP contribution in [-0.4, -0.2) is 11.7 Å². The molecule has 1 saturated carbocycles. The Morgan fingerprint density at radius 2 is 2.45 bits per heavy atom. The quantitative estimate of drug-likeness (QED) is 0.569. The topological polar surface area (TPSA) is 20.2 Å². The third kappa shape index (κ3) is 0.871. The Kier molecular flexibility index (Phi) is 1.40. The Balaban J connectivity index is 2.16. The van der Waals surface area contributed by atoms with Crippen LogP contribution in [0.25, 0.3) is 0 Å². The molecule has 1 heteroatoms. The Morgan fingerprint density at radius 3 is 3.00 bits per heavy atom. The second-order valence-electron chi connectivity index (χ2n) is 4.35. The van der Waals surface area contributed by atoms with Crippen LogP contribution in [0.2, 0.25) is 0 Å². The van der Waals surface area contributed by atoms with Crippen molar-refractivity contribution in [1.29, 1.82) is 0 Å². The zero-order valence-corrected chi connectivity index (χ0v) is 7.30. The SMILES string of the molecule is CC1=C[C@H]2[C@@H](CC1)[C@]2(C)CO. The van der Waals surface area contributed by atoms with Crippen LogP contribution in [0.1, 0.15) is 26.7 Å². The number of allylic oxidation sites excluding steroid dienone is 2. The summed E-state index contributed by atoms with van der Waals surface area (Å²) in [7, 11) is 0. The van der Waals surface area contributed by atoms with Gasteiger partial charge in [-0.2, -0.15) is 0 Å². The first kappa shape index (κ1) is 7.35. The van der Waals surface area contributed by atoms with E-state index in [4.69, 9.17) is 5.11 Å². The summed E-state index contributed by atoms with van der Waals surface area (Å²) in [5.41, 5.74) is 1.76. The Bertz CT molecular complexity index is 207. The van der Waals surface area contributed by atoms with Gasteiger partial charge in [-0.25, -0.2) is 0 Å². The maximum Gasteiger partial charge on any atom is 0.0493 e. The molecule has 2 aliphatic rings. The van der Waals surface area contributed by atoms with Gasteiger partial charge in [-0.3, -0.25) is 0 Å². The maximum atomic E-state index is 9.15. The van der Waals surface area contributed by atoms with E-state index in [2.05, 4.69) is 19.9 Å². The molecule has 2 rings (SSSR count). The molecular weight excluding hydrogens is 136 g/mol. The third-order valence-corrected chi connectivity index (χ3v) is 3.59. The molecular formula is C10H16O. The van der Waals surface area contributed by atoms with Crippen LogP contribution in [-0.2, 0) is 0 Å². The number of rotatable bonds is 1. The van der Waals surface area contributed by atoms with E-state index in [1.807, 2.05) is 0 Å². The molecule has 0 aromatic rings. The molecule has 0 radical (unpaired) electrons.